The summed E-state index contributed by atoms with van der Waals surface area (Å²) in [5, 5.41) is 13.8. The van der Waals surface area contributed by atoms with Crippen molar-refractivity contribution in [1.29, 1.82) is 0 Å². The van der Waals surface area contributed by atoms with Crippen molar-refractivity contribution >= 4 is 17.7 Å². The van der Waals surface area contributed by atoms with E-state index < -0.39 is 5.97 Å². The number of carboxylic acids is 1. The van der Waals surface area contributed by atoms with Crippen LogP contribution in [0.4, 0.5) is 0 Å². The van der Waals surface area contributed by atoms with Gasteiger partial charge in [-0.1, -0.05) is 18.2 Å². The Morgan fingerprint density at radius 2 is 2.24 bits per heavy atom. The van der Waals surface area contributed by atoms with Crippen molar-refractivity contribution in [2.24, 2.45) is 18.9 Å². The maximum Gasteiger partial charge on any atom is 0.313 e. The van der Waals surface area contributed by atoms with E-state index in [4.69, 9.17) is 5.11 Å². The first-order valence-corrected chi connectivity index (χ1v) is 6.91. The van der Waals surface area contributed by atoms with Crippen molar-refractivity contribution < 1.29 is 9.90 Å². The lowest BCUT2D eigenvalue weighted by Crippen LogP contribution is -2.00. The van der Waals surface area contributed by atoms with Gasteiger partial charge in [-0.25, -0.2) is 9.67 Å². The number of hydrogen-bond acceptors (Lipinski definition) is 4. The summed E-state index contributed by atoms with van der Waals surface area (Å²) in [6.45, 7) is 0. The minimum absolute atomic E-state index is 0.0451. The lowest BCUT2D eigenvalue weighted by atomic mass is 10.1. The maximum absolute atomic E-state index is 10.5. The predicted molar refractivity (Wildman–Crippen MR) is 62.9 cm³/mol. The van der Waals surface area contributed by atoms with Gasteiger partial charge in [0.2, 0.25) is 0 Å². The lowest BCUT2D eigenvalue weighted by Gasteiger charge is -1.95. The summed E-state index contributed by atoms with van der Waals surface area (Å²) >= 11 is 1.24. The molecule has 6 heteroatoms. The zero-order chi connectivity index (χ0) is 12.0. The molecule has 0 radical (unpaired) electrons. The van der Waals surface area contributed by atoms with E-state index in [2.05, 4.69) is 10.1 Å². The van der Waals surface area contributed by atoms with E-state index >= 15 is 0 Å². The molecular weight excluding hydrogens is 238 g/mol. The SMILES string of the molecule is Cn1nc(C2C3CCCC32)nc1SCC(=O)O. The minimum Gasteiger partial charge on any atom is -0.481 e. The molecule has 2 unspecified atom stereocenters. The second-order valence-corrected chi connectivity index (χ2v) is 5.79. The highest BCUT2D eigenvalue weighted by Gasteiger charge is 2.55. The van der Waals surface area contributed by atoms with Gasteiger partial charge in [0.15, 0.2) is 11.0 Å². The van der Waals surface area contributed by atoms with E-state index in [1.54, 1.807) is 4.68 Å². The molecule has 2 atom stereocenters. The number of aromatic nitrogens is 3. The maximum atomic E-state index is 10.5. The Balaban J connectivity index is 1.70. The molecule has 0 aliphatic heterocycles. The van der Waals surface area contributed by atoms with Gasteiger partial charge in [0.05, 0.1) is 5.75 Å². The summed E-state index contributed by atoms with van der Waals surface area (Å²) in [5.74, 6) is 2.31. The Morgan fingerprint density at radius 1 is 1.53 bits per heavy atom. The van der Waals surface area contributed by atoms with Gasteiger partial charge in [-0.2, -0.15) is 5.10 Å². The number of carbonyl (C=O) groups is 1. The topological polar surface area (TPSA) is 68.0 Å². The highest BCUT2D eigenvalue weighted by molar-refractivity contribution is 7.99. The van der Waals surface area contributed by atoms with E-state index in [9.17, 15) is 4.79 Å². The van der Waals surface area contributed by atoms with Crippen molar-refractivity contribution in [3.05, 3.63) is 5.82 Å². The van der Waals surface area contributed by atoms with Crippen LogP contribution >= 0.6 is 11.8 Å². The van der Waals surface area contributed by atoms with Crippen LogP contribution in [0.1, 0.15) is 31.0 Å². The molecule has 3 rings (SSSR count). The molecule has 2 aliphatic rings. The quantitative estimate of drug-likeness (QED) is 0.824. The van der Waals surface area contributed by atoms with Crippen LogP contribution in [-0.2, 0) is 11.8 Å². The molecule has 2 aliphatic carbocycles. The smallest absolute Gasteiger partial charge is 0.313 e. The largest absolute Gasteiger partial charge is 0.481 e. The van der Waals surface area contributed by atoms with Crippen molar-refractivity contribution in [1.82, 2.24) is 14.8 Å². The average Bonchev–Trinajstić information content (AvgIpc) is 2.64. The normalized spacial score (nSPS) is 30.3. The second-order valence-electron chi connectivity index (χ2n) is 4.84. The number of nitrogens with zero attached hydrogens (tertiary/aromatic N) is 3. The van der Waals surface area contributed by atoms with E-state index in [0.717, 1.165) is 17.7 Å². The van der Waals surface area contributed by atoms with Crippen LogP contribution in [-0.4, -0.2) is 31.6 Å². The summed E-state index contributed by atoms with van der Waals surface area (Å²) in [6.07, 6.45) is 3.97. The fourth-order valence-corrected chi connectivity index (χ4v) is 3.63. The molecule has 0 saturated heterocycles. The van der Waals surface area contributed by atoms with E-state index in [-0.39, 0.29) is 5.75 Å². The van der Waals surface area contributed by atoms with Crippen LogP contribution < -0.4 is 0 Å². The first-order valence-electron chi connectivity index (χ1n) is 5.92. The first-order chi connectivity index (χ1) is 8.16. The third-order valence-corrected chi connectivity index (χ3v) is 4.77. The zero-order valence-corrected chi connectivity index (χ0v) is 10.5. The molecule has 0 amide bonds. The number of carboxylic acid groups (broad SMARTS) is 1. The summed E-state index contributed by atoms with van der Waals surface area (Å²) in [4.78, 5) is 15.0. The highest BCUT2D eigenvalue weighted by Crippen LogP contribution is 2.62. The monoisotopic (exact) mass is 253 g/mol. The Labute approximate surface area is 104 Å². The number of fused-ring (bicyclic) bond motifs is 1. The number of rotatable bonds is 4. The number of hydrogen-bond donors (Lipinski definition) is 1. The van der Waals surface area contributed by atoms with Crippen molar-refractivity contribution in [3.8, 4) is 0 Å². The van der Waals surface area contributed by atoms with Gasteiger partial charge in [0.1, 0.15) is 0 Å². The third-order valence-electron chi connectivity index (χ3n) is 3.77. The van der Waals surface area contributed by atoms with Crippen LogP contribution in [0, 0.1) is 11.8 Å². The Kier molecular flexibility index (Phi) is 2.61. The van der Waals surface area contributed by atoms with E-state index in [1.807, 2.05) is 7.05 Å². The van der Waals surface area contributed by atoms with Crippen LogP contribution in [0.15, 0.2) is 5.16 Å². The molecule has 5 nitrogen and oxygen atoms in total. The Morgan fingerprint density at radius 3 is 2.88 bits per heavy atom. The van der Waals surface area contributed by atoms with Gasteiger partial charge in [-0.05, 0) is 24.7 Å². The molecule has 1 aromatic rings. The number of aryl methyl sites for hydroxylation is 1. The van der Waals surface area contributed by atoms with Crippen molar-refractivity contribution in [2.45, 2.75) is 30.3 Å². The van der Waals surface area contributed by atoms with E-state index in [1.165, 1.54) is 31.0 Å². The highest BCUT2D eigenvalue weighted by atomic mass is 32.2. The standard InChI is InChI=1S/C11H15N3O2S/c1-14-11(17-5-8(15)16)12-10(13-14)9-6-3-2-4-7(6)9/h6-7,9H,2-5H2,1H3,(H,15,16). The summed E-state index contributed by atoms with van der Waals surface area (Å²) in [7, 11) is 1.83. The van der Waals surface area contributed by atoms with Crippen LogP contribution in [0.2, 0.25) is 0 Å². The predicted octanol–water partition coefficient (Wildman–Crippen LogP) is 1.51. The number of thioether (sulfide) groups is 1. The fraction of sp³-hybridized carbons (Fsp3) is 0.727. The number of aliphatic carboxylic acids is 1. The Bertz CT molecular complexity index is 450. The first kappa shape index (κ1) is 11.1. The molecule has 2 fully saturated rings. The van der Waals surface area contributed by atoms with Crippen LogP contribution in [0.5, 0.6) is 0 Å². The summed E-state index contributed by atoms with van der Waals surface area (Å²) < 4.78 is 1.71. The van der Waals surface area contributed by atoms with Gasteiger partial charge in [-0.15, -0.1) is 0 Å². The van der Waals surface area contributed by atoms with Gasteiger partial charge in [0, 0.05) is 13.0 Å². The third kappa shape index (κ3) is 1.94. The average molecular weight is 253 g/mol. The molecule has 17 heavy (non-hydrogen) atoms. The lowest BCUT2D eigenvalue weighted by molar-refractivity contribution is -0.133. The van der Waals surface area contributed by atoms with Gasteiger partial charge < -0.3 is 5.11 Å². The van der Waals surface area contributed by atoms with Crippen molar-refractivity contribution in [3.63, 3.8) is 0 Å². The van der Waals surface area contributed by atoms with Crippen molar-refractivity contribution in [2.75, 3.05) is 5.75 Å². The fourth-order valence-electron chi connectivity index (χ4n) is 2.99. The molecular formula is C11H15N3O2S. The molecule has 0 bridgehead atoms. The molecule has 1 aromatic heterocycles. The van der Waals surface area contributed by atoms with Crippen LogP contribution in [0.3, 0.4) is 0 Å². The molecule has 92 valence electrons. The van der Waals surface area contributed by atoms with E-state index in [0.29, 0.717) is 11.1 Å². The molecule has 1 heterocycles. The molecule has 2 saturated carbocycles. The molecule has 0 aromatic carbocycles. The second kappa shape index (κ2) is 4.01. The molecule has 1 N–H and O–H groups in total. The Hall–Kier alpha value is -1.04. The summed E-state index contributed by atoms with van der Waals surface area (Å²) in [6, 6.07) is 0. The van der Waals surface area contributed by atoms with Crippen LogP contribution in [0.25, 0.3) is 0 Å². The molecule has 0 spiro atoms. The minimum atomic E-state index is -0.817. The summed E-state index contributed by atoms with van der Waals surface area (Å²) in [5.41, 5.74) is 0. The van der Waals surface area contributed by atoms with Gasteiger partial charge >= 0.3 is 5.97 Å². The van der Waals surface area contributed by atoms with Gasteiger partial charge in [-0.3, -0.25) is 4.79 Å². The zero-order valence-electron chi connectivity index (χ0n) is 9.67. The van der Waals surface area contributed by atoms with Gasteiger partial charge in [0.25, 0.3) is 0 Å².